The van der Waals surface area contributed by atoms with E-state index < -0.39 is 17.8 Å². The van der Waals surface area contributed by atoms with Gasteiger partial charge in [0.2, 0.25) is 0 Å². The molecule has 0 amide bonds. The van der Waals surface area contributed by atoms with Crippen molar-refractivity contribution in [2.24, 2.45) is 0 Å². The molecule has 3 heterocycles. The van der Waals surface area contributed by atoms with Crippen molar-refractivity contribution in [1.29, 1.82) is 0 Å². The molecular formula is C20H22N4O4. The molecule has 28 heavy (non-hydrogen) atoms. The summed E-state index contributed by atoms with van der Waals surface area (Å²) in [5.74, 6) is 0.0130. The molecule has 0 unspecified atom stereocenters. The number of aliphatic hydroxyl groups excluding tert-OH is 1. The molecule has 0 bridgehead atoms. The monoisotopic (exact) mass is 382 g/mol. The summed E-state index contributed by atoms with van der Waals surface area (Å²) < 4.78 is 13.1. The van der Waals surface area contributed by atoms with E-state index in [-0.39, 0.29) is 19.0 Å². The summed E-state index contributed by atoms with van der Waals surface area (Å²) >= 11 is 0. The summed E-state index contributed by atoms with van der Waals surface area (Å²) in [6.07, 6.45) is 0.530. The minimum Gasteiger partial charge on any atom is -0.463 e. The highest BCUT2D eigenvalue weighted by Crippen LogP contribution is 2.40. The molecule has 4 rings (SSSR count). The highest BCUT2D eigenvalue weighted by atomic mass is 16.6. The van der Waals surface area contributed by atoms with Gasteiger partial charge in [0.25, 0.3) is 0 Å². The second kappa shape index (κ2) is 7.21. The maximum Gasteiger partial charge on any atom is 0.310 e. The second-order valence-corrected chi connectivity index (χ2v) is 7.16. The van der Waals surface area contributed by atoms with E-state index in [1.165, 1.54) is 6.33 Å². The zero-order chi connectivity index (χ0) is 19.7. The van der Waals surface area contributed by atoms with Gasteiger partial charge in [-0.15, -0.1) is 0 Å². The lowest BCUT2D eigenvalue weighted by molar-refractivity contribution is -0.150. The maximum atomic E-state index is 12.1. The molecule has 0 spiro atoms. The van der Waals surface area contributed by atoms with Crippen LogP contribution in [0, 0.1) is 0 Å². The standard InChI is InChI=1S/C20H22N4O4/c1-20(17-8-7-14-19(21)22-12-23-24(14)17)10-15(25)16(28-20)11-27-18(26)9-13-5-3-2-4-6-13/h2-8,12,15-16,25H,9-11H2,1H3,(H2,21,22,23)/t15-,16+,20+/m0/s1. The van der Waals surface area contributed by atoms with Gasteiger partial charge in [0.05, 0.1) is 18.2 Å². The van der Waals surface area contributed by atoms with Crippen LogP contribution in [-0.2, 0) is 26.3 Å². The number of esters is 1. The number of hydrogen-bond donors (Lipinski definition) is 2. The topological polar surface area (TPSA) is 112 Å². The Morgan fingerprint density at radius 2 is 2.14 bits per heavy atom. The summed E-state index contributed by atoms with van der Waals surface area (Å²) in [6, 6.07) is 13.0. The van der Waals surface area contributed by atoms with Crippen molar-refractivity contribution < 1.29 is 19.4 Å². The maximum absolute atomic E-state index is 12.1. The van der Waals surface area contributed by atoms with E-state index >= 15 is 0 Å². The van der Waals surface area contributed by atoms with Crippen LogP contribution in [0.15, 0.2) is 48.8 Å². The number of fused-ring (bicyclic) bond motifs is 1. The Kier molecular flexibility index (Phi) is 4.74. The Hall–Kier alpha value is -2.97. The molecule has 3 N–H and O–H groups in total. The molecule has 1 aromatic carbocycles. The number of nitrogen functional groups attached to an aromatic ring is 1. The number of rotatable bonds is 5. The number of aliphatic hydroxyl groups is 1. The largest absolute Gasteiger partial charge is 0.463 e. The predicted molar refractivity (Wildman–Crippen MR) is 101 cm³/mol. The van der Waals surface area contributed by atoms with E-state index in [2.05, 4.69) is 10.1 Å². The van der Waals surface area contributed by atoms with Gasteiger partial charge in [0.1, 0.15) is 30.2 Å². The van der Waals surface area contributed by atoms with Gasteiger partial charge in [-0.1, -0.05) is 30.3 Å². The molecule has 1 fully saturated rings. The van der Waals surface area contributed by atoms with Crippen LogP contribution in [0.1, 0.15) is 24.6 Å². The van der Waals surface area contributed by atoms with Crippen LogP contribution in [0.5, 0.6) is 0 Å². The van der Waals surface area contributed by atoms with Crippen LogP contribution in [0.2, 0.25) is 0 Å². The smallest absolute Gasteiger partial charge is 0.310 e. The summed E-state index contributed by atoms with van der Waals surface area (Å²) in [6.45, 7) is 1.87. The van der Waals surface area contributed by atoms with Crippen LogP contribution < -0.4 is 5.73 Å². The summed E-state index contributed by atoms with van der Waals surface area (Å²) in [5, 5.41) is 14.7. The first kappa shape index (κ1) is 18.4. The van der Waals surface area contributed by atoms with Crippen LogP contribution in [0.25, 0.3) is 5.52 Å². The second-order valence-electron chi connectivity index (χ2n) is 7.16. The van der Waals surface area contributed by atoms with Crippen LogP contribution in [-0.4, -0.2) is 44.5 Å². The molecular weight excluding hydrogens is 360 g/mol. The molecule has 146 valence electrons. The molecule has 0 saturated carbocycles. The van der Waals surface area contributed by atoms with E-state index in [9.17, 15) is 9.90 Å². The van der Waals surface area contributed by atoms with Gasteiger partial charge in [0, 0.05) is 6.42 Å². The van der Waals surface area contributed by atoms with Crippen molar-refractivity contribution in [2.45, 2.75) is 37.6 Å². The fraction of sp³-hybridized carbons (Fsp3) is 0.350. The molecule has 1 aliphatic rings. The number of carbonyl (C=O) groups excluding carboxylic acids is 1. The van der Waals surface area contributed by atoms with Gasteiger partial charge in [0.15, 0.2) is 5.82 Å². The molecule has 1 aliphatic heterocycles. The highest BCUT2D eigenvalue weighted by molar-refractivity contribution is 5.72. The van der Waals surface area contributed by atoms with Gasteiger partial charge in [-0.05, 0) is 24.6 Å². The minimum absolute atomic E-state index is 0.0111. The highest BCUT2D eigenvalue weighted by Gasteiger charge is 2.46. The van der Waals surface area contributed by atoms with Crippen LogP contribution in [0.3, 0.4) is 0 Å². The first-order valence-electron chi connectivity index (χ1n) is 9.10. The van der Waals surface area contributed by atoms with Gasteiger partial charge in [-0.25, -0.2) is 9.50 Å². The first-order valence-corrected chi connectivity index (χ1v) is 9.10. The Morgan fingerprint density at radius 1 is 1.36 bits per heavy atom. The van der Waals surface area contributed by atoms with Crippen molar-refractivity contribution in [2.75, 3.05) is 12.3 Å². The normalized spacial score (nSPS) is 24.5. The third kappa shape index (κ3) is 3.44. The molecule has 3 atom stereocenters. The average Bonchev–Trinajstić information content (AvgIpc) is 3.23. The van der Waals surface area contributed by atoms with E-state index in [0.717, 1.165) is 11.3 Å². The first-order chi connectivity index (χ1) is 13.5. The Morgan fingerprint density at radius 3 is 2.93 bits per heavy atom. The van der Waals surface area contributed by atoms with Crippen LogP contribution in [0.4, 0.5) is 5.82 Å². The fourth-order valence-corrected chi connectivity index (χ4v) is 3.64. The Labute approximate surface area is 161 Å². The van der Waals surface area contributed by atoms with E-state index in [1.807, 2.05) is 49.4 Å². The lowest BCUT2D eigenvalue weighted by Gasteiger charge is -2.24. The number of benzene rings is 1. The minimum atomic E-state index is -0.789. The molecule has 8 nitrogen and oxygen atoms in total. The molecule has 0 aliphatic carbocycles. The lowest BCUT2D eigenvalue weighted by atomic mass is 9.97. The van der Waals surface area contributed by atoms with Gasteiger partial charge in [-0.2, -0.15) is 5.10 Å². The van der Waals surface area contributed by atoms with Gasteiger partial charge in [-0.3, -0.25) is 4.79 Å². The van der Waals surface area contributed by atoms with Crippen molar-refractivity contribution in [3.63, 3.8) is 0 Å². The molecule has 1 saturated heterocycles. The quantitative estimate of drug-likeness (QED) is 0.643. The number of anilines is 1. The summed E-state index contributed by atoms with van der Waals surface area (Å²) in [4.78, 5) is 16.1. The zero-order valence-corrected chi connectivity index (χ0v) is 15.5. The molecule has 3 aromatic rings. The average molecular weight is 382 g/mol. The Bertz CT molecular complexity index is 990. The fourth-order valence-electron chi connectivity index (χ4n) is 3.64. The number of hydrogen-bond acceptors (Lipinski definition) is 7. The molecule has 2 aromatic heterocycles. The molecule has 8 heteroatoms. The summed E-state index contributed by atoms with van der Waals surface area (Å²) in [7, 11) is 0. The van der Waals surface area contributed by atoms with E-state index in [0.29, 0.717) is 17.8 Å². The van der Waals surface area contributed by atoms with Crippen molar-refractivity contribution in [1.82, 2.24) is 14.6 Å². The SMILES string of the molecule is C[C@]1(c2ccc3c(N)ncnn23)C[C@H](O)[C@@H](COC(=O)Cc2ccccc2)O1. The molecule has 0 radical (unpaired) electrons. The van der Waals surface area contributed by atoms with Crippen molar-refractivity contribution in [3.05, 3.63) is 60.0 Å². The van der Waals surface area contributed by atoms with Crippen molar-refractivity contribution >= 4 is 17.3 Å². The number of nitrogens with zero attached hydrogens (tertiary/aromatic N) is 3. The zero-order valence-electron chi connectivity index (χ0n) is 15.5. The number of carbonyl (C=O) groups is 1. The lowest BCUT2D eigenvalue weighted by Crippen LogP contribution is -2.29. The number of ether oxygens (including phenoxy) is 2. The van der Waals surface area contributed by atoms with Gasteiger partial charge >= 0.3 is 5.97 Å². The predicted octanol–water partition coefficient (Wildman–Crippen LogP) is 1.46. The summed E-state index contributed by atoms with van der Waals surface area (Å²) in [5.41, 5.74) is 7.41. The van der Waals surface area contributed by atoms with Crippen LogP contribution >= 0.6 is 0 Å². The Balaban J connectivity index is 1.43. The third-order valence-corrected chi connectivity index (χ3v) is 5.06. The number of aromatic nitrogens is 3. The van der Waals surface area contributed by atoms with E-state index in [4.69, 9.17) is 15.2 Å². The number of nitrogens with two attached hydrogens (primary N) is 1. The third-order valence-electron chi connectivity index (χ3n) is 5.06. The van der Waals surface area contributed by atoms with Crippen molar-refractivity contribution in [3.8, 4) is 0 Å². The van der Waals surface area contributed by atoms with Gasteiger partial charge < -0.3 is 20.3 Å². The van der Waals surface area contributed by atoms with E-state index in [1.54, 1.807) is 4.52 Å².